The van der Waals surface area contributed by atoms with Gasteiger partial charge in [0.05, 0.1) is 12.4 Å². The van der Waals surface area contributed by atoms with Crippen molar-refractivity contribution in [3.63, 3.8) is 0 Å². The topological polar surface area (TPSA) is 26.3 Å². The Morgan fingerprint density at radius 3 is 1.31 bits per heavy atom. The Bertz CT molecular complexity index is 287. The molecular formula is C22H45ClO2S. The molecule has 0 fully saturated rings. The molecule has 1 atom stereocenters. The van der Waals surface area contributed by atoms with Crippen LogP contribution in [0.2, 0.25) is 0 Å². The van der Waals surface area contributed by atoms with Gasteiger partial charge in [0.15, 0.2) is 11.1 Å². The minimum atomic E-state index is -1.17. The first-order valence-electron chi connectivity index (χ1n) is 11.4. The molecule has 0 aromatic heterocycles. The Kier molecular flexibility index (Phi) is 23.8. The van der Waals surface area contributed by atoms with E-state index < -0.39 is 11.1 Å². The Morgan fingerprint density at radius 1 is 0.615 bits per heavy atom. The van der Waals surface area contributed by atoms with E-state index in [0.717, 1.165) is 6.42 Å². The third-order valence-corrected chi connectivity index (χ3v) is 6.34. The number of hydrogen-bond acceptors (Lipinski definition) is 2. The van der Waals surface area contributed by atoms with E-state index in [1.54, 1.807) is 0 Å². The predicted octanol–water partition coefficient (Wildman–Crippen LogP) is 7.95. The van der Waals surface area contributed by atoms with Crippen LogP contribution in [-0.4, -0.2) is 22.4 Å². The normalized spacial score (nSPS) is 12.5. The first-order chi connectivity index (χ1) is 12.8. The van der Waals surface area contributed by atoms with E-state index in [-0.39, 0.29) is 0 Å². The summed E-state index contributed by atoms with van der Waals surface area (Å²) in [6.07, 6.45) is 24.8. The molecule has 0 spiro atoms. The molecule has 0 saturated heterocycles. The van der Waals surface area contributed by atoms with Gasteiger partial charge in [-0.25, -0.2) is 4.21 Å². The van der Waals surface area contributed by atoms with Crippen molar-refractivity contribution in [2.24, 2.45) is 0 Å². The van der Waals surface area contributed by atoms with Gasteiger partial charge in [-0.2, -0.15) is 0 Å². The Labute approximate surface area is 171 Å². The molecule has 26 heavy (non-hydrogen) atoms. The molecule has 2 nitrogen and oxygen atoms in total. The highest BCUT2D eigenvalue weighted by molar-refractivity contribution is 7.80. The van der Waals surface area contributed by atoms with E-state index in [9.17, 15) is 4.21 Å². The first kappa shape index (κ1) is 26.4. The largest absolute Gasteiger partial charge is 0.291 e. The molecule has 1 unspecified atom stereocenters. The second kappa shape index (κ2) is 23.4. The van der Waals surface area contributed by atoms with Gasteiger partial charge in [0.2, 0.25) is 0 Å². The van der Waals surface area contributed by atoms with Gasteiger partial charge < -0.3 is 0 Å². The van der Waals surface area contributed by atoms with E-state index in [0.29, 0.717) is 18.2 Å². The summed E-state index contributed by atoms with van der Waals surface area (Å²) < 4.78 is 16.4. The number of rotatable bonds is 22. The summed E-state index contributed by atoms with van der Waals surface area (Å²) in [7, 11) is 0. The van der Waals surface area contributed by atoms with Crippen molar-refractivity contribution in [1.29, 1.82) is 0 Å². The Balaban J connectivity index is 3.02. The maximum absolute atomic E-state index is 11.2. The lowest BCUT2D eigenvalue weighted by Crippen LogP contribution is -2.04. The molecule has 0 radical (unpaired) electrons. The molecule has 158 valence electrons. The minimum Gasteiger partial charge on any atom is -0.291 e. The van der Waals surface area contributed by atoms with Crippen molar-refractivity contribution < 1.29 is 8.39 Å². The van der Waals surface area contributed by atoms with Gasteiger partial charge in [0.25, 0.3) is 0 Å². The summed E-state index contributed by atoms with van der Waals surface area (Å²) in [6, 6.07) is 0. The van der Waals surface area contributed by atoms with Gasteiger partial charge in [-0.1, -0.05) is 116 Å². The standard InChI is InChI=1S/C22H45ClO2S/c1-2-3-4-5-6-7-8-9-10-11-12-13-14-15-16-17-18-19-21-25-26(24)22-20-23/h2-22H2,1H3. The quantitative estimate of drug-likeness (QED) is 0.134. The monoisotopic (exact) mass is 408 g/mol. The van der Waals surface area contributed by atoms with Crippen molar-refractivity contribution in [3.8, 4) is 0 Å². The molecule has 0 aromatic carbocycles. The fourth-order valence-corrected chi connectivity index (χ4v) is 4.20. The van der Waals surface area contributed by atoms with Crippen molar-refractivity contribution in [1.82, 2.24) is 0 Å². The van der Waals surface area contributed by atoms with Gasteiger partial charge in [-0.05, 0) is 6.42 Å². The van der Waals surface area contributed by atoms with Crippen molar-refractivity contribution in [2.45, 2.75) is 122 Å². The van der Waals surface area contributed by atoms with Crippen LogP contribution in [0.25, 0.3) is 0 Å². The van der Waals surface area contributed by atoms with E-state index in [4.69, 9.17) is 15.8 Å². The van der Waals surface area contributed by atoms with Gasteiger partial charge in [0, 0.05) is 5.88 Å². The maximum Gasteiger partial charge on any atom is 0.156 e. The number of halogens is 1. The zero-order chi connectivity index (χ0) is 19.1. The zero-order valence-corrected chi connectivity index (χ0v) is 19.0. The summed E-state index contributed by atoms with van der Waals surface area (Å²) in [5.74, 6) is 0.854. The Morgan fingerprint density at radius 2 is 0.962 bits per heavy atom. The van der Waals surface area contributed by atoms with Gasteiger partial charge in [-0.15, -0.1) is 11.6 Å². The maximum atomic E-state index is 11.2. The lowest BCUT2D eigenvalue weighted by Gasteiger charge is -2.04. The smallest absolute Gasteiger partial charge is 0.156 e. The SMILES string of the molecule is CCCCCCCCCCCCCCCCCCCCOS(=O)CCCl. The van der Waals surface area contributed by atoms with Crippen molar-refractivity contribution >= 4 is 22.7 Å². The van der Waals surface area contributed by atoms with Crippen LogP contribution in [0.4, 0.5) is 0 Å². The summed E-state index contributed by atoms with van der Waals surface area (Å²) in [6.45, 7) is 2.90. The number of hydrogen-bond donors (Lipinski definition) is 0. The second-order valence-electron chi connectivity index (χ2n) is 7.53. The summed E-state index contributed by atoms with van der Waals surface area (Å²) in [5, 5.41) is 0. The molecule has 4 heteroatoms. The average Bonchev–Trinajstić information content (AvgIpc) is 2.64. The van der Waals surface area contributed by atoms with Gasteiger partial charge in [-0.3, -0.25) is 4.18 Å². The fourth-order valence-electron chi connectivity index (χ4n) is 3.28. The Hall–Kier alpha value is 0.400. The fraction of sp³-hybridized carbons (Fsp3) is 1.00. The summed E-state index contributed by atoms with van der Waals surface area (Å²) >= 11 is 4.34. The van der Waals surface area contributed by atoms with Crippen LogP contribution in [0.15, 0.2) is 0 Å². The van der Waals surface area contributed by atoms with Gasteiger partial charge >= 0.3 is 0 Å². The average molecular weight is 409 g/mol. The first-order valence-corrected chi connectivity index (χ1v) is 13.2. The highest BCUT2D eigenvalue weighted by Gasteiger charge is 1.99. The number of alkyl halides is 1. The molecule has 0 aliphatic carbocycles. The summed E-state index contributed by atoms with van der Waals surface area (Å²) in [4.78, 5) is 0. The zero-order valence-electron chi connectivity index (χ0n) is 17.5. The van der Waals surface area contributed by atoms with E-state index in [1.807, 2.05) is 0 Å². The molecule has 0 aromatic rings. The van der Waals surface area contributed by atoms with Crippen molar-refractivity contribution in [3.05, 3.63) is 0 Å². The predicted molar refractivity (Wildman–Crippen MR) is 118 cm³/mol. The molecule has 0 aliphatic heterocycles. The highest BCUT2D eigenvalue weighted by Crippen LogP contribution is 2.14. The lowest BCUT2D eigenvalue weighted by atomic mass is 10.0. The van der Waals surface area contributed by atoms with Crippen LogP contribution < -0.4 is 0 Å². The van der Waals surface area contributed by atoms with E-state index in [1.165, 1.54) is 109 Å². The molecule has 0 amide bonds. The molecule has 0 heterocycles. The molecule has 0 saturated carbocycles. The molecular weight excluding hydrogens is 364 g/mol. The van der Waals surface area contributed by atoms with E-state index in [2.05, 4.69) is 6.92 Å². The van der Waals surface area contributed by atoms with Crippen LogP contribution in [0.5, 0.6) is 0 Å². The van der Waals surface area contributed by atoms with Crippen LogP contribution >= 0.6 is 11.6 Å². The molecule has 0 N–H and O–H groups in total. The van der Waals surface area contributed by atoms with Crippen LogP contribution in [0.3, 0.4) is 0 Å². The highest BCUT2D eigenvalue weighted by atomic mass is 35.5. The van der Waals surface area contributed by atoms with Crippen LogP contribution in [0, 0.1) is 0 Å². The van der Waals surface area contributed by atoms with Crippen LogP contribution in [-0.2, 0) is 15.3 Å². The van der Waals surface area contributed by atoms with Crippen LogP contribution in [0.1, 0.15) is 122 Å². The van der Waals surface area contributed by atoms with E-state index >= 15 is 0 Å². The third-order valence-electron chi connectivity index (χ3n) is 4.96. The molecule has 0 rings (SSSR count). The molecule has 0 aliphatic rings. The third kappa shape index (κ3) is 22.4. The minimum absolute atomic E-state index is 0.408. The van der Waals surface area contributed by atoms with Gasteiger partial charge in [0.1, 0.15) is 0 Å². The van der Waals surface area contributed by atoms with Crippen molar-refractivity contribution in [2.75, 3.05) is 18.2 Å². The second-order valence-corrected chi connectivity index (χ2v) is 9.16. The lowest BCUT2D eigenvalue weighted by molar-refractivity contribution is 0.332. The molecule has 0 bridgehead atoms. The number of unbranched alkanes of at least 4 members (excludes halogenated alkanes) is 17. The summed E-state index contributed by atoms with van der Waals surface area (Å²) in [5.41, 5.74) is 0.